The summed E-state index contributed by atoms with van der Waals surface area (Å²) in [6.45, 7) is 5.33. The van der Waals surface area contributed by atoms with Gasteiger partial charge in [0.2, 0.25) is 0 Å². The second kappa shape index (κ2) is 6.32. The Morgan fingerprint density at radius 1 is 1.29 bits per heavy atom. The zero-order valence-corrected chi connectivity index (χ0v) is 13.6. The van der Waals surface area contributed by atoms with Crippen LogP contribution in [0.25, 0.3) is 0 Å². The second-order valence-electron chi connectivity index (χ2n) is 6.77. The molecule has 0 bridgehead atoms. The third-order valence-electron chi connectivity index (χ3n) is 4.79. The molecule has 0 spiro atoms. The Morgan fingerprint density at radius 2 is 2.10 bits per heavy atom. The van der Waals surface area contributed by atoms with Gasteiger partial charge in [0.15, 0.2) is 0 Å². The topological polar surface area (TPSA) is 31.4 Å². The van der Waals surface area contributed by atoms with E-state index in [2.05, 4.69) is 48.3 Å². The number of aromatic nitrogens is 1. The number of hydrogen-bond donors (Lipinski definition) is 1. The van der Waals surface area contributed by atoms with Gasteiger partial charge in [0.05, 0.1) is 0 Å². The molecular formula is C17H28N4. The van der Waals surface area contributed by atoms with Crippen LogP contribution in [0.3, 0.4) is 0 Å². The van der Waals surface area contributed by atoms with Gasteiger partial charge in [0.25, 0.3) is 0 Å². The number of piperidine rings is 1. The number of hydrogen-bond acceptors (Lipinski definition) is 4. The summed E-state index contributed by atoms with van der Waals surface area (Å²) in [6, 6.07) is 5.87. The standard InChI is InChI=1S/C17H28N4/c1-13-14(11-18-15-7-8-15)6-9-17(19-13)21-10-4-5-16(12-21)20(2)3/h6,9,15-16,18H,4-5,7-8,10-12H2,1-3H3. The molecule has 3 rings (SSSR count). The Bertz CT molecular complexity index is 482. The van der Waals surface area contributed by atoms with Gasteiger partial charge >= 0.3 is 0 Å². The van der Waals surface area contributed by atoms with Gasteiger partial charge in [-0.2, -0.15) is 0 Å². The van der Waals surface area contributed by atoms with E-state index in [9.17, 15) is 0 Å². The largest absolute Gasteiger partial charge is 0.355 e. The lowest BCUT2D eigenvalue weighted by Gasteiger charge is -2.37. The van der Waals surface area contributed by atoms with Crippen molar-refractivity contribution < 1.29 is 0 Å². The fourth-order valence-electron chi connectivity index (χ4n) is 3.07. The smallest absolute Gasteiger partial charge is 0.128 e. The van der Waals surface area contributed by atoms with Crippen molar-refractivity contribution in [1.82, 2.24) is 15.2 Å². The van der Waals surface area contributed by atoms with Crippen molar-refractivity contribution in [2.75, 3.05) is 32.1 Å². The SMILES string of the molecule is Cc1nc(N2CCCC(N(C)C)C2)ccc1CNC1CC1. The predicted molar refractivity (Wildman–Crippen MR) is 87.8 cm³/mol. The van der Waals surface area contributed by atoms with Crippen LogP contribution in [0, 0.1) is 6.92 Å². The molecular weight excluding hydrogens is 260 g/mol. The molecule has 2 heterocycles. The van der Waals surface area contributed by atoms with E-state index in [0.717, 1.165) is 31.5 Å². The minimum atomic E-state index is 0.650. The van der Waals surface area contributed by atoms with Crippen LogP contribution in [-0.2, 0) is 6.54 Å². The van der Waals surface area contributed by atoms with Crippen molar-refractivity contribution in [3.63, 3.8) is 0 Å². The fraction of sp³-hybridized carbons (Fsp3) is 0.706. The van der Waals surface area contributed by atoms with Gasteiger partial charge in [0, 0.05) is 37.4 Å². The third-order valence-corrected chi connectivity index (χ3v) is 4.79. The number of rotatable bonds is 5. The summed E-state index contributed by atoms with van der Waals surface area (Å²) in [7, 11) is 4.36. The molecule has 1 atom stereocenters. The fourth-order valence-corrected chi connectivity index (χ4v) is 3.07. The van der Waals surface area contributed by atoms with Crippen LogP contribution in [0.2, 0.25) is 0 Å². The molecule has 116 valence electrons. The highest BCUT2D eigenvalue weighted by Crippen LogP contribution is 2.23. The molecule has 1 saturated carbocycles. The molecule has 1 aromatic rings. The van der Waals surface area contributed by atoms with Crippen LogP contribution in [0.1, 0.15) is 36.9 Å². The number of pyridine rings is 1. The second-order valence-corrected chi connectivity index (χ2v) is 6.77. The summed E-state index contributed by atoms with van der Waals surface area (Å²) < 4.78 is 0. The number of aryl methyl sites for hydroxylation is 1. The first-order valence-electron chi connectivity index (χ1n) is 8.25. The summed E-state index contributed by atoms with van der Waals surface area (Å²) >= 11 is 0. The summed E-state index contributed by atoms with van der Waals surface area (Å²) in [5.41, 5.74) is 2.51. The lowest BCUT2D eigenvalue weighted by atomic mass is 10.0. The molecule has 1 aliphatic carbocycles. The van der Waals surface area contributed by atoms with Crippen LogP contribution >= 0.6 is 0 Å². The van der Waals surface area contributed by atoms with Gasteiger partial charge in [-0.1, -0.05) is 6.07 Å². The Kier molecular flexibility index (Phi) is 4.45. The summed E-state index contributed by atoms with van der Waals surface area (Å²) in [5, 5.41) is 3.57. The molecule has 1 aromatic heterocycles. The first-order chi connectivity index (χ1) is 10.1. The number of nitrogens with zero attached hydrogens (tertiary/aromatic N) is 3. The Hall–Kier alpha value is -1.13. The lowest BCUT2D eigenvalue weighted by Crippen LogP contribution is -2.45. The normalized spacial score (nSPS) is 22.9. The highest BCUT2D eigenvalue weighted by molar-refractivity contribution is 5.42. The Labute approximate surface area is 128 Å². The van der Waals surface area contributed by atoms with Gasteiger partial charge in [-0.15, -0.1) is 0 Å². The van der Waals surface area contributed by atoms with Gasteiger partial charge in [-0.3, -0.25) is 0 Å². The molecule has 1 aliphatic heterocycles. The van der Waals surface area contributed by atoms with Gasteiger partial charge in [-0.05, 0) is 58.3 Å². The minimum Gasteiger partial charge on any atom is -0.355 e. The lowest BCUT2D eigenvalue weighted by molar-refractivity contribution is 0.257. The monoisotopic (exact) mass is 288 g/mol. The number of nitrogens with one attached hydrogen (secondary N) is 1. The van der Waals surface area contributed by atoms with Gasteiger partial charge in [0.1, 0.15) is 5.82 Å². The van der Waals surface area contributed by atoms with E-state index in [1.165, 1.54) is 36.9 Å². The van der Waals surface area contributed by atoms with Crippen molar-refractivity contribution in [3.8, 4) is 0 Å². The molecule has 21 heavy (non-hydrogen) atoms. The number of likely N-dealkylation sites (N-methyl/N-ethyl adjacent to an activating group) is 1. The van der Waals surface area contributed by atoms with Crippen LogP contribution in [-0.4, -0.2) is 49.2 Å². The van der Waals surface area contributed by atoms with Crippen molar-refractivity contribution >= 4 is 5.82 Å². The third kappa shape index (κ3) is 3.74. The van der Waals surface area contributed by atoms with E-state index in [1.807, 2.05) is 0 Å². The van der Waals surface area contributed by atoms with E-state index in [1.54, 1.807) is 0 Å². The Morgan fingerprint density at radius 3 is 2.76 bits per heavy atom. The maximum Gasteiger partial charge on any atom is 0.128 e. The maximum atomic E-state index is 4.86. The van der Waals surface area contributed by atoms with E-state index >= 15 is 0 Å². The molecule has 2 aliphatic rings. The van der Waals surface area contributed by atoms with E-state index in [4.69, 9.17) is 4.98 Å². The van der Waals surface area contributed by atoms with Gasteiger partial charge < -0.3 is 15.1 Å². The molecule has 0 radical (unpaired) electrons. The average Bonchev–Trinajstić information content (AvgIpc) is 3.30. The predicted octanol–water partition coefficient (Wildman–Crippen LogP) is 2.17. The first-order valence-corrected chi connectivity index (χ1v) is 8.25. The molecule has 4 heteroatoms. The molecule has 1 unspecified atom stereocenters. The molecule has 2 fully saturated rings. The van der Waals surface area contributed by atoms with E-state index in [0.29, 0.717) is 6.04 Å². The first kappa shape index (κ1) is 14.8. The van der Waals surface area contributed by atoms with E-state index < -0.39 is 0 Å². The quantitative estimate of drug-likeness (QED) is 0.900. The van der Waals surface area contributed by atoms with Crippen molar-refractivity contribution in [2.45, 2.75) is 51.2 Å². The van der Waals surface area contributed by atoms with Crippen molar-refractivity contribution in [1.29, 1.82) is 0 Å². The molecule has 0 amide bonds. The van der Waals surface area contributed by atoms with Crippen molar-refractivity contribution in [3.05, 3.63) is 23.4 Å². The van der Waals surface area contributed by atoms with E-state index in [-0.39, 0.29) is 0 Å². The van der Waals surface area contributed by atoms with Crippen LogP contribution < -0.4 is 10.2 Å². The van der Waals surface area contributed by atoms with Crippen molar-refractivity contribution in [2.24, 2.45) is 0 Å². The summed E-state index contributed by atoms with van der Waals surface area (Å²) in [5.74, 6) is 1.15. The number of anilines is 1. The zero-order chi connectivity index (χ0) is 14.8. The average molecular weight is 288 g/mol. The summed E-state index contributed by atoms with van der Waals surface area (Å²) in [6.07, 6.45) is 5.23. The molecule has 0 aromatic carbocycles. The maximum absolute atomic E-state index is 4.86. The zero-order valence-electron chi connectivity index (χ0n) is 13.6. The molecule has 1 N–H and O–H groups in total. The van der Waals surface area contributed by atoms with Gasteiger partial charge in [-0.25, -0.2) is 4.98 Å². The highest BCUT2D eigenvalue weighted by Gasteiger charge is 2.23. The molecule has 4 nitrogen and oxygen atoms in total. The van der Waals surface area contributed by atoms with Crippen LogP contribution in [0.4, 0.5) is 5.82 Å². The van der Waals surface area contributed by atoms with Crippen LogP contribution in [0.15, 0.2) is 12.1 Å². The minimum absolute atomic E-state index is 0.650. The van der Waals surface area contributed by atoms with Crippen LogP contribution in [0.5, 0.6) is 0 Å². The Balaban J connectivity index is 1.65. The summed E-state index contributed by atoms with van der Waals surface area (Å²) in [4.78, 5) is 9.64. The highest BCUT2D eigenvalue weighted by atomic mass is 15.2. The molecule has 1 saturated heterocycles.